The third-order valence-corrected chi connectivity index (χ3v) is 1.55. The van der Waals surface area contributed by atoms with Gasteiger partial charge in [-0.15, -0.1) is 0 Å². The van der Waals surface area contributed by atoms with Crippen LogP contribution in [0.5, 0.6) is 0 Å². The first-order valence-corrected chi connectivity index (χ1v) is 3.79. The molecular formula is C7H6ClN2S. The fourth-order valence-corrected chi connectivity index (χ4v) is 0.789. The van der Waals surface area contributed by atoms with Gasteiger partial charge in [0.25, 0.3) is 0 Å². The normalized spacial score (nSPS) is 8.82. The van der Waals surface area contributed by atoms with Crippen molar-refractivity contribution in [3.05, 3.63) is 30.3 Å². The molecule has 0 aliphatic heterocycles. The van der Waals surface area contributed by atoms with E-state index in [9.17, 15) is 0 Å². The van der Waals surface area contributed by atoms with E-state index in [0.29, 0.717) is 0 Å². The first-order chi connectivity index (χ1) is 5.33. The predicted octanol–water partition coefficient (Wildman–Crippen LogP) is 1.95. The highest BCUT2D eigenvalue weighted by molar-refractivity contribution is 7.80. The lowest BCUT2D eigenvalue weighted by molar-refractivity contribution is 1.22. The molecule has 0 atom stereocenters. The summed E-state index contributed by atoms with van der Waals surface area (Å²) >= 11 is 9.94. The van der Waals surface area contributed by atoms with Gasteiger partial charge in [0.05, 0.1) is 5.69 Å². The zero-order valence-electron chi connectivity index (χ0n) is 5.62. The van der Waals surface area contributed by atoms with Crippen LogP contribution in [0.15, 0.2) is 30.3 Å². The summed E-state index contributed by atoms with van der Waals surface area (Å²) < 4.78 is 0. The molecule has 11 heavy (non-hydrogen) atoms. The van der Waals surface area contributed by atoms with E-state index in [1.807, 2.05) is 30.3 Å². The third kappa shape index (κ3) is 2.74. The Labute approximate surface area is 75.7 Å². The average Bonchev–Trinajstić information content (AvgIpc) is 2.06. The van der Waals surface area contributed by atoms with Crippen LogP contribution in [0.4, 0.5) is 5.69 Å². The second-order valence-electron chi connectivity index (χ2n) is 1.85. The molecule has 0 amide bonds. The molecule has 4 heteroatoms. The summed E-state index contributed by atoms with van der Waals surface area (Å²) in [5.41, 5.74) is 0.797. The van der Waals surface area contributed by atoms with Crippen molar-refractivity contribution in [1.29, 1.82) is 0 Å². The van der Waals surface area contributed by atoms with Gasteiger partial charge in [0, 0.05) is 11.8 Å². The highest BCUT2D eigenvalue weighted by Crippen LogP contribution is 2.04. The van der Waals surface area contributed by atoms with Gasteiger partial charge >= 0.3 is 0 Å². The summed E-state index contributed by atoms with van der Waals surface area (Å²) in [5.74, 6) is 0. The smallest absolute Gasteiger partial charge is 0.208 e. The van der Waals surface area contributed by atoms with Crippen LogP contribution < -0.4 is 10.2 Å². The van der Waals surface area contributed by atoms with Crippen LogP contribution in [0.25, 0.3) is 0 Å². The molecule has 2 nitrogen and oxygen atoms in total. The number of benzene rings is 1. The quantitative estimate of drug-likeness (QED) is 0.535. The zero-order valence-corrected chi connectivity index (χ0v) is 7.19. The number of para-hydroxylation sites is 1. The third-order valence-electron chi connectivity index (χ3n) is 1.07. The van der Waals surface area contributed by atoms with Crippen LogP contribution in [-0.4, -0.2) is 5.11 Å². The molecular weight excluding hydrogens is 180 g/mol. The van der Waals surface area contributed by atoms with Gasteiger partial charge in [-0.3, -0.25) is 4.84 Å². The van der Waals surface area contributed by atoms with Crippen LogP contribution in [0, 0.1) is 0 Å². The molecule has 0 heterocycles. The van der Waals surface area contributed by atoms with Gasteiger partial charge in [-0.1, -0.05) is 18.2 Å². The fraction of sp³-hybridized carbons (Fsp3) is 0. The summed E-state index contributed by atoms with van der Waals surface area (Å²) in [5, 5.41) is 4.24. The first kappa shape index (κ1) is 8.30. The summed E-state index contributed by atoms with van der Waals surface area (Å²) in [6.07, 6.45) is 0. The molecule has 0 aliphatic rings. The Bertz CT molecular complexity index is 237. The molecule has 1 aromatic rings. The molecule has 0 unspecified atom stereocenters. The fourth-order valence-electron chi connectivity index (χ4n) is 0.641. The lowest BCUT2D eigenvalue weighted by atomic mass is 10.3. The van der Waals surface area contributed by atoms with E-state index in [0.717, 1.165) is 5.69 Å². The van der Waals surface area contributed by atoms with Crippen molar-refractivity contribution in [3.8, 4) is 0 Å². The lowest BCUT2D eigenvalue weighted by Crippen LogP contribution is -2.18. The highest BCUT2D eigenvalue weighted by atomic mass is 35.5. The van der Waals surface area contributed by atoms with Crippen LogP contribution in [0.3, 0.4) is 0 Å². The van der Waals surface area contributed by atoms with Crippen LogP contribution in [0.1, 0.15) is 0 Å². The minimum Gasteiger partial charge on any atom is -0.273 e. The number of halogens is 1. The number of nitrogens with one attached hydrogen (secondary N) is 1. The van der Waals surface area contributed by atoms with Gasteiger partial charge in [0.1, 0.15) is 0 Å². The molecule has 0 saturated carbocycles. The highest BCUT2D eigenvalue weighted by Gasteiger charge is 1.94. The van der Waals surface area contributed by atoms with Crippen molar-refractivity contribution in [3.63, 3.8) is 0 Å². The number of hydrogen-bond acceptors (Lipinski definition) is 1. The summed E-state index contributed by atoms with van der Waals surface area (Å²) in [7, 11) is 0. The largest absolute Gasteiger partial charge is 0.273 e. The first-order valence-electron chi connectivity index (χ1n) is 3.00. The average molecular weight is 186 g/mol. The minimum absolute atomic E-state index is 0.276. The molecule has 0 bridgehead atoms. The topological polar surface area (TPSA) is 26.1 Å². The zero-order chi connectivity index (χ0) is 8.10. The lowest BCUT2D eigenvalue weighted by Gasteiger charge is -1.99. The number of hydrogen-bond donors (Lipinski definition) is 1. The SMILES string of the molecule is S=C([N]c1ccccc1)NCl. The number of rotatable bonds is 1. The van der Waals surface area contributed by atoms with Crippen molar-refractivity contribution >= 4 is 34.8 Å². The Balaban J connectivity index is 2.58. The molecule has 0 fully saturated rings. The van der Waals surface area contributed by atoms with E-state index in [4.69, 9.17) is 24.0 Å². The van der Waals surface area contributed by atoms with Gasteiger partial charge in [0.15, 0.2) is 0 Å². The molecule has 57 valence electrons. The van der Waals surface area contributed by atoms with Gasteiger partial charge in [-0.05, 0) is 24.4 Å². The second kappa shape index (κ2) is 4.16. The van der Waals surface area contributed by atoms with Crippen LogP contribution in [-0.2, 0) is 0 Å². The summed E-state index contributed by atoms with van der Waals surface area (Å²) in [6, 6.07) is 9.38. The summed E-state index contributed by atoms with van der Waals surface area (Å²) in [4.78, 5) is 2.25. The Hall–Kier alpha value is -0.800. The molecule has 1 aromatic carbocycles. The van der Waals surface area contributed by atoms with Gasteiger partial charge in [-0.25, -0.2) is 5.32 Å². The Kier molecular flexibility index (Phi) is 3.14. The van der Waals surface area contributed by atoms with Crippen LogP contribution in [0.2, 0.25) is 0 Å². The van der Waals surface area contributed by atoms with Crippen LogP contribution >= 0.6 is 24.0 Å². The maximum absolute atomic E-state index is 5.22. The van der Waals surface area contributed by atoms with E-state index in [2.05, 4.69) is 10.2 Å². The molecule has 1 radical (unpaired) electrons. The molecule has 0 spiro atoms. The van der Waals surface area contributed by atoms with Gasteiger partial charge < -0.3 is 0 Å². The van der Waals surface area contributed by atoms with Crippen molar-refractivity contribution in [2.45, 2.75) is 0 Å². The Morgan fingerprint density at radius 1 is 1.36 bits per heavy atom. The number of nitrogens with zero attached hydrogens (tertiary/aromatic N) is 1. The monoisotopic (exact) mass is 185 g/mol. The minimum atomic E-state index is 0.276. The standard InChI is InChI=1S/C7H6ClN2S/c8-10-7(11)9-6-4-2-1-3-5-6/h1-5H,(H,10,11). The van der Waals surface area contributed by atoms with Crippen molar-refractivity contribution in [2.75, 3.05) is 0 Å². The Morgan fingerprint density at radius 3 is 2.55 bits per heavy atom. The predicted molar refractivity (Wildman–Crippen MR) is 49.8 cm³/mol. The van der Waals surface area contributed by atoms with E-state index < -0.39 is 0 Å². The van der Waals surface area contributed by atoms with Gasteiger partial charge in [-0.2, -0.15) is 0 Å². The molecule has 0 aromatic heterocycles. The van der Waals surface area contributed by atoms with E-state index in [1.165, 1.54) is 0 Å². The summed E-state index contributed by atoms with van der Waals surface area (Å²) in [6.45, 7) is 0. The Morgan fingerprint density at radius 2 is 2.00 bits per heavy atom. The van der Waals surface area contributed by atoms with Crippen molar-refractivity contribution in [2.24, 2.45) is 0 Å². The van der Waals surface area contributed by atoms with E-state index in [-0.39, 0.29) is 5.11 Å². The molecule has 1 rings (SSSR count). The second-order valence-corrected chi connectivity index (χ2v) is 2.42. The molecule has 0 aliphatic carbocycles. The van der Waals surface area contributed by atoms with Crippen molar-refractivity contribution < 1.29 is 0 Å². The van der Waals surface area contributed by atoms with Gasteiger partial charge in [0.2, 0.25) is 5.11 Å². The van der Waals surface area contributed by atoms with Crippen molar-refractivity contribution in [1.82, 2.24) is 10.2 Å². The molecule has 1 N–H and O–H groups in total. The van der Waals surface area contributed by atoms with E-state index >= 15 is 0 Å². The van der Waals surface area contributed by atoms with E-state index in [1.54, 1.807) is 0 Å². The maximum atomic E-state index is 5.22. The number of thiocarbonyl (C=S) groups is 1. The molecule has 0 saturated heterocycles. The maximum Gasteiger partial charge on any atom is 0.208 e.